The summed E-state index contributed by atoms with van der Waals surface area (Å²) in [5, 5.41) is 2.61. The maximum Gasteiger partial charge on any atom is 0.0543 e. The van der Waals surface area contributed by atoms with Gasteiger partial charge in [0.25, 0.3) is 0 Å². The van der Waals surface area contributed by atoms with Crippen molar-refractivity contribution < 1.29 is 0 Å². The number of anilines is 3. The molecule has 282 valence electrons. The van der Waals surface area contributed by atoms with Gasteiger partial charge in [0, 0.05) is 27.8 Å². The Kier molecular flexibility index (Phi) is 7.94. The van der Waals surface area contributed by atoms with Crippen LogP contribution in [0.3, 0.4) is 0 Å². The van der Waals surface area contributed by atoms with Crippen LogP contribution in [-0.2, 0) is 10.8 Å². The highest BCUT2D eigenvalue weighted by molar-refractivity contribution is 6.08. The van der Waals surface area contributed by atoms with Crippen molar-refractivity contribution in [1.29, 1.82) is 0 Å². The Morgan fingerprint density at radius 3 is 1.54 bits per heavy atom. The third-order valence-corrected chi connectivity index (χ3v) is 13.3. The van der Waals surface area contributed by atoms with Crippen LogP contribution >= 0.6 is 0 Å². The van der Waals surface area contributed by atoms with Crippen LogP contribution in [0.2, 0.25) is 0 Å². The van der Waals surface area contributed by atoms with Crippen LogP contribution in [0.4, 0.5) is 17.1 Å². The van der Waals surface area contributed by atoms with Crippen LogP contribution in [0.25, 0.3) is 66.4 Å². The molecule has 11 rings (SSSR count). The molecule has 9 aromatic carbocycles. The molecule has 0 unspecified atom stereocenters. The topological polar surface area (TPSA) is 3.24 Å². The van der Waals surface area contributed by atoms with Gasteiger partial charge in [0.1, 0.15) is 0 Å². The van der Waals surface area contributed by atoms with Crippen LogP contribution in [0, 0.1) is 0 Å². The lowest BCUT2D eigenvalue weighted by Crippen LogP contribution is -2.16. The summed E-state index contributed by atoms with van der Waals surface area (Å²) in [6, 6.07) is 74.2. The molecule has 0 saturated heterocycles. The summed E-state index contributed by atoms with van der Waals surface area (Å²) in [7, 11) is 0. The van der Waals surface area contributed by atoms with E-state index in [0.29, 0.717) is 0 Å². The molecule has 0 bridgehead atoms. The molecule has 2 aliphatic rings. The fourth-order valence-electron chi connectivity index (χ4n) is 10.3. The lowest BCUT2D eigenvalue weighted by atomic mass is 9.79. The molecule has 0 spiro atoms. The van der Waals surface area contributed by atoms with Crippen molar-refractivity contribution in [2.24, 2.45) is 0 Å². The summed E-state index contributed by atoms with van der Waals surface area (Å²) in [4.78, 5) is 2.47. The maximum atomic E-state index is 2.47. The van der Waals surface area contributed by atoms with Crippen molar-refractivity contribution in [3.63, 3.8) is 0 Å². The molecule has 0 heterocycles. The van der Waals surface area contributed by atoms with Crippen LogP contribution in [0.15, 0.2) is 200 Å². The Balaban J connectivity index is 1.09. The molecule has 0 fully saturated rings. The van der Waals surface area contributed by atoms with E-state index in [9.17, 15) is 0 Å². The van der Waals surface area contributed by atoms with E-state index in [-0.39, 0.29) is 10.8 Å². The van der Waals surface area contributed by atoms with E-state index in [0.717, 1.165) is 11.4 Å². The monoisotopic (exact) mass is 755 g/mol. The van der Waals surface area contributed by atoms with Crippen molar-refractivity contribution >= 4 is 27.8 Å². The first-order valence-corrected chi connectivity index (χ1v) is 20.8. The molecule has 0 atom stereocenters. The van der Waals surface area contributed by atoms with E-state index in [1.165, 1.54) is 94.3 Å². The standard InChI is InChI=1S/C58H45N/c1-57(2)51-23-14-13-21-46(51)47-35-30-42(36-53(47)57)40-28-33-44(34-29-40)59(43-31-26-39(27-32-43)38-16-7-5-8-17-38)54-25-15-24-52-55(54)50-37-49(41-18-9-6-10-19-41)45-20-11-12-22-48(45)56(50)58(52,3)4/h5-37H,1-4H3. The first kappa shape index (κ1) is 35.2. The highest BCUT2D eigenvalue weighted by Crippen LogP contribution is 2.57. The first-order valence-electron chi connectivity index (χ1n) is 20.8. The molecule has 0 N–H and O–H groups in total. The lowest BCUT2D eigenvalue weighted by Gasteiger charge is -2.29. The average molecular weight is 756 g/mol. The largest absolute Gasteiger partial charge is 0.310 e. The third-order valence-electron chi connectivity index (χ3n) is 13.3. The lowest BCUT2D eigenvalue weighted by molar-refractivity contribution is 0.660. The second kappa shape index (κ2) is 13.3. The summed E-state index contributed by atoms with van der Waals surface area (Å²) < 4.78 is 0. The van der Waals surface area contributed by atoms with Crippen molar-refractivity contribution in [2.45, 2.75) is 38.5 Å². The number of hydrogen-bond acceptors (Lipinski definition) is 1. The van der Waals surface area contributed by atoms with Gasteiger partial charge in [-0.15, -0.1) is 0 Å². The smallest absolute Gasteiger partial charge is 0.0543 e. The fourth-order valence-corrected chi connectivity index (χ4v) is 10.3. The zero-order valence-corrected chi connectivity index (χ0v) is 34.0. The Morgan fingerprint density at radius 1 is 0.322 bits per heavy atom. The number of nitrogens with zero attached hydrogens (tertiary/aromatic N) is 1. The van der Waals surface area contributed by atoms with Gasteiger partial charge in [0.2, 0.25) is 0 Å². The third kappa shape index (κ3) is 5.45. The van der Waals surface area contributed by atoms with Gasteiger partial charge in [-0.2, -0.15) is 0 Å². The van der Waals surface area contributed by atoms with Gasteiger partial charge in [-0.1, -0.05) is 185 Å². The Morgan fingerprint density at radius 2 is 0.847 bits per heavy atom. The number of rotatable bonds is 6. The van der Waals surface area contributed by atoms with Crippen molar-refractivity contribution in [2.75, 3.05) is 4.90 Å². The van der Waals surface area contributed by atoms with E-state index >= 15 is 0 Å². The number of fused-ring (bicyclic) bond motifs is 8. The molecule has 0 amide bonds. The van der Waals surface area contributed by atoms with E-state index in [2.05, 4.69) is 233 Å². The molecule has 2 aliphatic carbocycles. The molecular formula is C58H45N. The van der Waals surface area contributed by atoms with Crippen LogP contribution < -0.4 is 4.90 Å². The molecule has 59 heavy (non-hydrogen) atoms. The predicted molar refractivity (Wildman–Crippen MR) is 250 cm³/mol. The number of hydrogen-bond donors (Lipinski definition) is 0. The summed E-state index contributed by atoms with van der Waals surface area (Å²) >= 11 is 0. The van der Waals surface area contributed by atoms with Gasteiger partial charge in [-0.25, -0.2) is 0 Å². The Labute approximate surface area is 347 Å². The van der Waals surface area contributed by atoms with E-state index in [4.69, 9.17) is 0 Å². The summed E-state index contributed by atoms with van der Waals surface area (Å²) in [5.41, 5.74) is 21.4. The fraction of sp³-hybridized carbons (Fsp3) is 0.103. The van der Waals surface area contributed by atoms with Crippen LogP contribution in [-0.4, -0.2) is 0 Å². The number of benzene rings is 9. The second-order valence-electron chi connectivity index (χ2n) is 17.3. The highest BCUT2D eigenvalue weighted by Gasteiger charge is 2.40. The minimum atomic E-state index is -0.205. The van der Waals surface area contributed by atoms with Gasteiger partial charge in [0.05, 0.1) is 5.69 Å². The summed E-state index contributed by atoms with van der Waals surface area (Å²) in [6.45, 7) is 9.52. The van der Waals surface area contributed by atoms with Gasteiger partial charge < -0.3 is 4.90 Å². The summed E-state index contributed by atoms with van der Waals surface area (Å²) in [6.07, 6.45) is 0. The SMILES string of the molecule is CC1(C)c2ccccc2-c2ccc(-c3ccc(N(c4ccc(-c5ccccc5)cc4)c4cccc5c4-c4cc(-c6ccccc6)c6ccccc6c4C5(C)C)cc3)cc21. The molecule has 0 radical (unpaired) electrons. The highest BCUT2D eigenvalue weighted by atomic mass is 15.1. The molecule has 0 saturated carbocycles. The van der Waals surface area contributed by atoms with E-state index in [1.807, 2.05) is 0 Å². The van der Waals surface area contributed by atoms with Crippen molar-refractivity contribution in [1.82, 2.24) is 0 Å². The second-order valence-corrected chi connectivity index (χ2v) is 17.3. The molecule has 1 nitrogen and oxygen atoms in total. The molecule has 0 aromatic heterocycles. The van der Waals surface area contributed by atoms with Gasteiger partial charge in [-0.05, 0) is 126 Å². The van der Waals surface area contributed by atoms with E-state index in [1.54, 1.807) is 0 Å². The Hall–Kier alpha value is -6.96. The minimum absolute atomic E-state index is 0.0476. The molecule has 0 aliphatic heterocycles. The zero-order chi connectivity index (χ0) is 39.9. The Bertz CT molecular complexity index is 3060. The zero-order valence-electron chi connectivity index (χ0n) is 34.0. The van der Waals surface area contributed by atoms with Crippen LogP contribution in [0.5, 0.6) is 0 Å². The van der Waals surface area contributed by atoms with Crippen molar-refractivity contribution in [3.8, 4) is 55.6 Å². The quantitative estimate of drug-likeness (QED) is 0.163. The van der Waals surface area contributed by atoms with Crippen LogP contribution in [0.1, 0.15) is 49.9 Å². The van der Waals surface area contributed by atoms with E-state index < -0.39 is 0 Å². The molecular weight excluding hydrogens is 711 g/mol. The van der Waals surface area contributed by atoms with Crippen molar-refractivity contribution in [3.05, 3.63) is 222 Å². The van der Waals surface area contributed by atoms with Gasteiger partial charge in [0.15, 0.2) is 0 Å². The normalized spacial score (nSPS) is 14.0. The predicted octanol–water partition coefficient (Wildman–Crippen LogP) is 15.9. The maximum absolute atomic E-state index is 2.47. The van der Waals surface area contributed by atoms with Gasteiger partial charge in [-0.3, -0.25) is 0 Å². The molecule has 9 aromatic rings. The summed E-state index contributed by atoms with van der Waals surface area (Å²) in [5.74, 6) is 0. The average Bonchev–Trinajstić information content (AvgIpc) is 3.67. The first-order chi connectivity index (χ1) is 28.8. The minimum Gasteiger partial charge on any atom is -0.310 e. The molecule has 1 heteroatoms. The van der Waals surface area contributed by atoms with Gasteiger partial charge >= 0.3 is 0 Å².